The molecule has 4 rings (SSSR count). The average molecular weight is 250 g/mol. The third-order valence-corrected chi connectivity index (χ3v) is 5.67. The maximum absolute atomic E-state index is 2.43. The number of nitrogens with one attached hydrogen (secondary N) is 1. The second-order valence-corrected chi connectivity index (χ2v) is 9.29. The Labute approximate surface area is 113 Å². The second kappa shape index (κ2) is 4.23. The maximum Gasteiger partial charge on any atom is 0.0826 e. The Kier molecular flexibility index (Phi) is 3.05. The van der Waals surface area contributed by atoms with E-state index in [1.54, 1.807) is 43.4 Å². The molecule has 4 aliphatic rings. The summed E-state index contributed by atoms with van der Waals surface area (Å²) in [5.41, 5.74) is 1.23. The van der Waals surface area contributed by atoms with Crippen molar-refractivity contribution >= 4 is 0 Å². The summed E-state index contributed by atoms with van der Waals surface area (Å²) >= 11 is 0. The highest BCUT2D eigenvalue weighted by Crippen LogP contribution is 2.59. The standard InChI is InChI=1S/C17H31N/c1-16(2,3)11-18(4)12-17-8-13-5-14(9-17)7-15(6-13)10-17/h13-15H,5-12H2,1-4H3/p+1. The summed E-state index contributed by atoms with van der Waals surface area (Å²) in [6.45, 7) is 9.94. The number of rotatable bonds is 3. The fourth-order valence-electron chi connectivity index (χ4n) is 6.11. The molecule has 0 aromatic carbocycles. The first-order valence-corrected chi connectivity index (χ1v) is 8.15. The van der Waals surface area contributed by atoms with Crippen molar-refractivity contribution in [2.45, 2.75) is 59.3 Å². The van der Waals surface area contributed by atoms with E-state index >= 15 is 0 Å². The number of quaternary nitrogens is 1. The van der Waals surface area contributed by atoms with Crippen LogP contribution in [0.3, 0.4) is 0 Å². The van der Waals surface area contributed by atoms with E-state index in [0.717, 1.165) is 23.2 Å². The summed E-state index contributed by atoms with van der Waals surface area (Å²) in [5.74, 6) is 3.33. The fourth-order valence-corrected chi connectivity index (χ4v) is 6.11. The lowest BCUT2D eigenvalue weighted by Crippen LogP contribution is -3.11. The lowest BCUT2D eigenvalue weighted by molar-refractivity contribution is -0.894. The van der Waals surface area contributed by atoms with E-state index in [4.69, 9.17) is 0 Å². The Bertz CT molecular complexity index is 277. The molecule has 0 saturated heterocycles. The SMILES string of the molecule is C[NH+](CC(C)(C)C)CC12CC3CC(CC(C3)C1)C2. The minimum atomic E-state index is 0.479. The molecule has 1 unspecified atom stereocenters. The van der Waals surface area contributed by atoms with Gasteiger partial charge in [0, 0.05) is 10.8 Å². The lowest BCUT2D eigenvalue weighted by atomic mass is 9.49. The van der Waals surface area contributed by atoms with Crippen molar-refractivity contribution in [2.75, 3.05) is 20.1 Å². The van der Waals surface area contributed by atoms with Crippen LogP contribution in [0.4, 0.5) is 0 Å². The highest BCUT2D eigenvalue weighted by molar-refractivity contribution is 5.01. The normalized spacial score (nSPS) is 44.3. The Balaban J connectivity index is 1.65. The van der Waals surface area contributed by atoms with Gasteiger partial charge in [0.2, 0.25) is 0 Å². The van der Waals surface area contributed by atoms with Gasteiger partial charge in [-0.05, 0) is 56.3 Å². The van der Waals surface area contributed by atoms with Crippen LogP contribution in [0.15, 0.2) is 0 Å². The van der Waals surface area contributed by atoms with Crippen molar-refractivity contribution in [3.05, 3.63) is 0 Å². The lowest BCUT2D eigenvalue weighted by Gasteiger charge is -2.56. The van der Waals surface area contributed by atoms with Gasteiger partial charge in [0.05, 0.1) is 20.1 Å². The Hall–Kier alpha value is -0.0400. The molecule has 4 aliphatic carbocycles. The first-order chi connectivity index (χ1) is 8.34. The van der Waals surface area contributed by atoms with Crippen LogP contribution in [-0.2, 0) is 0 Å². The highest BCUT2D eigenvalue weighted by atomic mass is 15.1. The summed E-state index contributed by atoms with van der Waals surface area (Å²) in [6.07, 6.45) is 9.45. The molecule has 0 heterocycles. The monoisotopic (exact) mass is 250 g/mol. The Morgan fingerprint density at radius 2 is 1.39 bits per heavy atom. The van der Waals surface area contributed by atoms with Gasteiger partial charge in [-0.1, -0.05) is 20.8 Å². The predicted octanol–water partition coefficient (Wildman–Crippen LogP) is 2.76. The molecule has 0 amide bonds. The van der Waals surface area contributed by atoms with E-state index < -0.39 is 0 Å². The zero-order valence-corrected chi connectivity index (χ0v) is 12.9. The van der Waals surface area contributed by atoms with Gasteiger partial charge in [0.25, 0.3) is 0 Å². The molecule has 0 aromatic rings. The molecule has 18 heavy (non-hydrogen) atoms. The minimum Gasteiger partial charge on any atom is -0.336 e. The molecule has 104 valence electrons. The van der Waals surface area contributed by atoms with E-state index in [9.17, 15) is 0 Å². The van der Waals surface area contributed by atoms with Crippen LogP contribution in [0.2, 0.25) is 0 Å². The van der Waals surface area contributed by atoms with Crippen molar-refractivity contribution in [3.8, 4) is 0 Å². The van der Waals surface area contributed by atoms with E-state index in [1.165, 1.54) is 13.1 Å². The largest absolute Gasteiger partial charge is 0.336 e. The van der Waals surface area contributed by atoms with Crippen molar-refractivity contribution < 1.29 is 4.90 Å². The summed E-state index contributed by atoms with van der Waals surface area (Å²) < 4.78 is 0. The molecule has 0 spiro atoms. The van der Waals surface area contributed by atoms with Gasteiger partial charge in [-0.25, -0.2) is 0 Å². The van der Waals surface area contributed by atoms with Crippen LogP contribution < -0.4 is 4.90 Å². The first-order valence-electron chi connectivity index (χ1n) is 8.15. The molecule has 4 saturated carbocycles. The predicted molar refractivity (Wildman–Crippen MR) is 76.7 cm³/mol. The molecule has 0 aliphatic heterocycles. The van der Waals surface area contributed by atoms with Gasteiger partial charge in [-0.2, -0.15) is 0 Å². The van der Waals surface area contributed by atoms with Crippen LogP contribution in [0.25, 0.3) is 0 Å². The molecular weight excluding hydrogens is 218 g/mol. The van der Waals surface area contributed by atoms with Crippen molar-refractivity contribution in [2.24, 2.45) is 28.6 Å². The topological polar surface area (TPSA) is 4.44 Å². The minimum absolute atomic E-state index is 0.479. The van der Waals surface area contributed by atoms with Gasteiger partial charge in [0.1, 0.15) is 0 Å². The molecule has 4 fully saturated rings. The van der Waals surface area contributed by atoms with E-state index in [1.807, 2.05) is 0 Å². The second-order valence-electron chi connectivity index (χ2n) is 9.29. The van der Waals surface area contributed by atoms with Gasteiger partial charge in [-0.3, -0.25) is 0 Å². The Morgan fingerprint density at radius 1 is 0.944 bits per heavy atom. The van der Waals surface area contributed by atoms with Gasteiger partial charge in [0.15, 0.2) is 0 Å². The quantitative estimate of drug-likeness (QED) is 0.785. The van der Waals surface area contributed by atoms with Gasteiger partial charge < -0.3 is 4.90 Å². The number of hydrogen-bond donors (Lipinski definition) is 1. The third kappa shape index (κ3) is 2.61. The van der Waals surface area contributed by atoms with Crippen molar-refractivity contribution in [1.82, 2.24) is 0 Å². The average Bonchev–Trinajstić information content (AvgIpc) is 2.09. The summed E-state index contributed by atoms with van der Waals surface area (Å²) in [7, 11) is 2.43. The molecule has 1 N–H and O–H groups in total. The maximum atomic E-state index is 2.43. The molecular formula is C17H32N+. The smallest absolute Gasteiger partial charge is 0.0826 e. The van der Waals surface area contributed by atoms with Crippen LogP contribution in [0.1, 0.15) is 59.3 Å². The van der Waals surface area contributed by atoms with Crippen molar-refractivity contribution in [3.63, 3.8) is 0 Å². The van der Waals surface area contributed by atoms with Crippen LogP contribution in [0.5, 0.6) is 0 Å². The van der Waals surface area contributed by atoms with Crippen molar-refractivity contribution in [1.29, 1.82) is 0 Å². The first kappa shape index (κ1) is 13.0. The highest BCUT2D eigenvalue weighted by Gasteiger charge is 2.52. The molecule has 0 aromatic heterocycles. The summed E-state index contributed by atoms with van der Waals surface area (Å²) in [6, 6.07) is 0. The molecule has 1 heteroatoms. The summed E-state index contributed by atoms with van der Waals surface area (Å²) in [4.78, 5) is 1.78. The van der Waals surface area contributed by atoms with Crippen LogP contribution >= 0.6 is 0 Å². The third-order valence-electron chi connectivity index (χ3n) is 5.67. The zero-order valence-electron chi connectivity index (χ0n) is 12.9. The van der Waals surface area contributed by atoms with Gasteiger partial charge in [-0.15, -0.1) is 0 Å². The van der Waals surface area contributed by atoms with Crippen LogP contribution in [0, 0.1) is 28.6 Å². The van der Waals surface area contributed by atoms with E-state index in [2.05, 4.69) is 27.8 Å². The zero-order chi connectivity index (χ0) is 13.0. The van der Waals surface area contributed by atoms with E-state index in [-0.39, 0.29) is 0 Å². The molecule has 1 nitrogen and oxygen atoms in total. The van der Waals surface area contributed by atoms with Gasteiger partial charge >= 0.3 is 0 Å². The van der Waals surface area contributed by atoms with Crippen LogP contribution in [-0.4, -0.2) is 20.1 Å². The van der Waals surface area contributed by atoms with E-state index in [0.29, 0.717) is 5.41 Å². The number of hydrogen-bond acceptors (Lipinski definition) is 0. The molecule has 0 radical (unpaired) electrons. The fraction of sp³-hybridized carbons (Fsp3) is 1.00. The molecule has 1 atom stereocenters. The summed E-state index contributed by atoms with van der Waals surface area (Å²) in [5, 5.41) is 0. The molecule has 4 bridgehead atoms. The Morgan fingerprint density at radius 3 is 1.78 bits per heavy atom.